The Labute approximate surface area is 121 Å². The topological polar surface area (TPSA) is 90.9 Å². The molecule has 0 spiro atoms. The Morgan fingerprint density at radius 1 is 1.35 bits per heavy atom. The fourth-order valence-corrected chi connectivity index (χ4v) is 2.90. The van der Waals surface area contributed by atoms with Crippen molar-refractivity contribution < 1.29 is 8.42 Å². The molecule has 20 heavy (non-hydrogen) atoms. The molecule has 1 saturated carbocycles. The monoisotopic (exact) mass is 312 g/mol. The van der Waals surface area contributed by atoms with Gasteiger partial charge in [-0.05, 0) is 43.5 Å². The molecule has 1 aromatic heterocycles. The zero-order chi connectivity index (χ0) is 14.5. The van der Waals surface area contributed by atoms with Gasteiger partial charge in [0.05, 0.1) is 0 Å². The highest BCUT2D eigenvalue weighted by molar-refractivity contribution is 7.89. The second-order valence-electron chi connectivity index (χ2n) is 4.92. The summed E-state index contributed by atoms with van der Waals surface area (Å²) in [6.45, 7) is 1.88. The van der Waals surface area contributed by atoms with Crippen LogP contribution in [0.5, 0.6) is 0 Å². The highest BCUT2D eigenvalue weighted by Crippen LogP contribution is 2.40. The first-order valence-corrected chi connectivity index (χ1v) is 8.04. The van der Waals surface area contributed by atoms with Crippen molar-refractivity contribution in [3.05, 3.63) is 28.8 Å². The first-order valence-electron chi connectivity index (χ1n) is 6.12. The van der Waals surface area contributed by atoms with Crippen LogP contribution < -0.4 is 5.14 Å². The third-order valence-corrected chi connectivity index (χ3v) is 4.46. The summed E-state index contributed by atoms with van der Waals surface area (Å²) in [5.74, 6) is 0.510. The van der Waals surface area contributed by atoms with Crippen LogP contribution in [0.25, 0.3) is 11.4 Å². The van der Waals surface area contributed by atoms with E-state index in [1.165, 1.54) is 0 Å². The van der Waals surface area contributed by atoms with Crippen LogP contribution in [0.3, 0.4) is 0 Å². The molecular weight excluding hydrogens is 300 g/mol. The first kappa shape index (κ1) is 13.5. The van der Waals surface area contributed by atoms with E-state index in [1.54, 1.807) is 16.7 Å². The molecule has 0 unspecified atom stereocenters. The van der Waals surface area contributed by atoms with Gasteiger partial charge in [0.2, 0.25) is 0 Å². The van der Waals surface area contributed by atoms with Crippen LogP contribution >= 0.6 is 11.6 Å². The van der Waals surface area contributed by atoms with Crippen molar-refractivity contribution in [2.45, 2.75) is 31.0 Å². The number of halogens is 1. The normalized spacial score (nSPS) is 15.6. The average Bonchev–Trinajstić information content (AvgIpc) is 3.10. The second-order valence-corrected chi connectivity index (χ2v) is 6.78. The molecule has 1 aromatic carbocycles. The molecule has 0 saturated heterocycles. The third-order valence-electron chi connectivity index (χ3n) is 3.25. The lowest BCUT2D eigenvalue weighted by Crippen LogP contribution is -2.18. The maximum atomic E-state index is 11.6. The van der Waals surface area contributed by atoms with Crippen LogP contribution in [0.1, 0.15) is 24.4 Å². The zero-order valence-electron chi connectivity index (χ0n) is 10.7. The second kappa shape index (κ2) is 4.54. The van der Waals surface area contributed by atoms with Crippen molar-refractivity contribution in [1.82, 2.24) is 14.8 Å². The quantitative estimate of drug-likeness (QED) is 0.937. The van der Waals surface area contributed by atoms with Crippen molar-refractivity contribution in [1.29, 1.82) is 0 Å². The highest BCUT2D eigenvalue weighted by atomic mass is 35.5. The number of sulfonamides is 1. The number of hydrogen-bond donors (Lipinski definition) is 1. The maximum absolute atomic E-state index is 11.6. The molecule has 0 aliphatic heterocycles. The molecule has 106 valence electrons. The van der Waals surface area contributed by atoms with Crippen LogP contribution in [0.15, 0.2) is 23.4 Å². The van der Waals surface area contributed by atoms with Gasteiger partial charge in [-0.15, -0.1) is 10.2 Å². The average molecular weight is 313 g/mol. The van der Waals surface area contributed by atoms with E-state index >= 15 is 0 Å². The number of benzene rings is 1. The number of primary sulfonamides is 1. The molecule has 0 bridgehead atoms. The molecule has 1 fully saturated rings. The van der Waals surface area contributed by atoms with E-state index in [1.807, 2.05) is 13.0 Å². The van der Waals surface area contributed by atoms with Crippen molar-refractivity contribution in [2.75, 3.05) is 0 Å². The number of nitrogens with zero attached hydrogens (tertiary/aromatic N) is 3. The van der Waals surface area contributed by atoms with E-state index in [4.69, 9.17) is 16.7 Å². The Kier molecular flexibility index (Phi) is 3.07. The van der Waals surface area contributed by atoms with E-state index in [2.05, 4.69) is 10.2 Å². The summed E-state index contributed by atoms with van der Waals surface area (Å²) >= 11 is 6.00. The minimum atomic E-state index is -3.88. The van der Waals surface area contributed by atoms with Crippen LogP contribution in [-0.2, 0) is 10.0 Å². The molecule has 2 N–H and O–H groups in total. The Balaban J connectivity index is 2.19. The van der Waals surface area contributed by atoms with Gasteiger partial charge < -0.3 is 0 Å². The lowest BCUT2D eigenvalue weighted by Gasteiger charge is -2.08. The van der Waals surface area contributed by atoms with Gasteiger partial charge in [0.25, 0.3) is 15.2 Å². The van der Waals surface area contributed by atoms with Crippen LogP contribution in [0.4, 0.5) is 0 Å². The van der Waals surface area contributed by atoms with E-state index in [0.29, 0.717) is 10.8 Å². The Bertz CT molecular complexity index is 781. The molecule has 0 atom stereocenters. The predicted octanol–water partition coefficient (Wildman–Crippen LogP) is 1.89. The molecular formula is C12H13ClN4O2S. The van der Waals surface area contributed by atoms with Gasteiger partial charge in [-0.25, -0.2) is 13.6 Å². The molecule has 0 radical (unpaired) electrons. The van der Waals surface area contributed by atoms with Crippen molar-refractivity contribution >= 4 is 21.6 Å². The lowest BCUT2D eigenvalue weighted by molar-refractivity contribution is 0.567. The molecule has 8 heteroatoms. The van der Waals surface area contributed by atoms with E-state index in [0.717, 1.165) is 24.0 Å². The summed E-state index contributed by atoms with van der Waals surface area (Å²) < 4.78 is 24.8. The number of aryl methyl sites for hydroxylation is 1. The summed E-state index contributed by atoms with van der Waals surface area (Å²) in [7, 11) is -3.88. The Morgan fingerprint density at radius 2 is 2.05 bits per heavy atom. The van der Waals surface area contributed by atoms with Gasteiger partial charge in [0.15, 0.2) is 5.82 Å². The summed E-state index contributed by atoms with van der Waals surface area (Å²) in [4.78, 5) is 0. The van der Waals surface area contributed by atoms with Crippen LogP contribution in [0.2, 0.25) is 5.02 Å². The Hall–Kier alpha value is -1.44. The van der Waals surface area contributed by atoms with Gasteiger partial charge >= 0.3 is 0 Å². The summed E-state index contributed by atoms with van der Waals surface area (Å²) in [5.41, 5.74) is 1.67. The minimum absolute atomic E-state index is 0.101. The van der Waals surface area contributed by atoms with Gasteiger partial charge in [0, 0.05) is 16.6 Å². The SMILES string of the molecule is Cc1cc(-c2nnc(S(N)(=O)=O)n2C2CC2)ccc1Cl. The number of rotatable bonds is 3. The summed E-state index contributed by atoms with van der Waals surface area (Å²) in [5, 5.41) is 13.4. The first-order chi connectivity index (χ1) is 9.38. The van der Waals surface area contributed by atoms with Crippen molar-refractivity contribution in [3.8, 4) is 11.4 Å². The van der Waals surface area contributed by atoms with Crippen molar-refractivity contribution in [2.24, 2.45) is 5.14 Å². The molecule has 1 aliphatic carbocycles. The third kappa shape index (κ3) is 2.32. The maximum Gasteiger partial charge on any atom is 0.273 e. The van der Waals surface area contributed by atoms with Crippen LogP contribution in [0, 0.1) is 6.92 Å². The molecule has 3 rings (SSSR count). The van der Waals surface area contributed by atoms with Gasteiger partial charge in [0.1, 0.15) is 0 Å². The van der Waals surface area contributed by atoms with E-state index in [9.17, 15) is 8.42 Å². The minimum Gasteiger partial charge on any atom is -0.294 e. The number of aromatic nitrogens is 3. The fraction of sp³-hybridized carbons (Fsp3) is 0.333. The van der Waals surface area contributed by atoms with Crippen LogP contribution in [-0.4, -0.2) is 23.2 Å². The number of hydrogen-bond acceptors (Lipinski definition) is 4. The standard InChI is InChI=1S/C12H13ClN4O2S/c1-7-6-8(2-5-10(7)13)11-15-16-12(20(14,18)19)17(11)9-3-4-9/h2,5-6,9H,3-4H2,1H3,(H2,14,18,19). The zero-order valence-corrected chi connectivity index (χ0v) is 12.3. The van der Waals surface area contributed by atoms with Gasteiger partial charge in [-0.2, -0.15) is 0 Å². The molecule has 0 amide bonds. The highest BCUT2D eigenvalue weighted by Gasteiger charge is 2.33. The fourth-order valence-electron chi connectivity index (χ4n) is 2.11. The van der Waals surface area contributed by atoms with E-state index in [-0.39, 0.29) is 11.2 Å². The van der Waals surface area contributed by atoms with Gasteiger partial charge in [-0.3, -0.25) is 4.57 Å². The number of nitrogens with two attached hydrogens (primary N) is 1. The largest absolute Gasteiger partial charge is 0.294 e. The lowest BCUT2D eigenvalue weighted by atomic mass is 10.1. The summed E-state index contributed by atoms with van der Waals surface area (Å²) in [6.07, 6.45) is 1.81. The molecule has 6 nitrogen and oxygen atoms in total. The predicted molar refractivity (Wildman–Crippen MR) is 74.8 cm³/mol. The van der Waals surface area contributed by atoms with Gasteiger partial charge in [-0.1, -0.05) is 11.6 Å². The van der Waals surface area contributed by atoms with Crippen molar-refractivity contribution in [3.63, 3.8) is 0 Å². The molecule has 1 heterocycles. The Morgan fingerprint density at radius 3 is 2.60 bits per heavy atom. The summed E-state index contributed by atoms with van der Waals surface area (Å²) in [6, 6.07) is 5.52. The smallest absolute Gasteiger partial charge is 0.273 e. The molecule has 2 aromatic rings. The van der Waals surface area contributed by atoms with E-state index < -0.39 is 10.0 Å². The molecule has 1 aliphatic rings.